The van der Waals surface area contributed by atoms with Crippen LogP contribution in [0.2, 0.25) is 0 Å². The number of hydrogen-bond donors (Lipinski definition) is 2. The smallest absolute Gasteiger partial charge is 0.311 e. The van der Waals surface area contributed by atoms with E-state index in [2.05, 4.69) is 4.98 Å². The van der Waals surface area contributed by atoms with Gasteiger partial charge in [-0.15, -0.1) is 0 Å². The number of hydrogen-bond acceptors (Lipinski definition) is 3. The summed E-state index contributed by atoms with van der Waals surface area (Å²) < 4.78 is 5.23. The Bertz CT molecular complexity index is 767. The molecule has 1 atom stereocenters. The second-order valence-electron chi connectivity index (χ2n) is 6.33. The fourth-order valence-corrected chi connectivity index (χ4v) is 3.05. The molecule has 6 heteroatoms. The molecule has 1 saturated heterocycles. The zero-order valence-electron chi connectivity index (χ0n) is 13.3. The summed E-state index contributed by atoms with van der Waals surface area (Å²) >= 11 is 0. The van der Waals surface area contributed by atoms with E-state index >= 15 is 0 Å². The van der Waals surface area contributed by atoms with Crippen LogP contribution in [0.15, 0.2) is 24.4 Å². The SMILES string of the molecule is COc1ccc2[nH]cc(CC(=O)N3CC[C@@](C)(C(=O)O)C3)c2c1. The first-order valence-electron chi connectivity index (χ1n) is 7.58. The predicted molar refractivity (Wildman–Crippen MR) is 85.5 cm³/mol. The molecule has 0 unspecified atom stereocenters. The number of nitrogens with one attached hydrogen (secondary N) is 1. The molecule has 2 aromatic rings. The minimum absolute atomic E-state index is 0.0429. The Kier molecular flexibility index (Phi) is 3.75. The number of aromatic amines is 1. The topological polar surface area (TPSA) is 82.6 Å². The largest absolute Gasteiger partial charge is 0.497 e. The highest BCUT2D eigenvalue weighted by Gasteiger charge is 2.42. The van der Waals surface area contributed by atoms with Crippen molar-refractivity contribution in [2.24, 2.45) is 5.41 Å². The van der Waals surface area contributed by atoms with Gasteiger partial charge in [-0.05, 0) is 37.1 Å². The zero-order chi connectivity index (χ0) is 16.6. The first-order valence-corrected chi connectivity index (χ1v) is 7.58. The van der Waals surface area contributed by atoms with E-state index < -0.39 is 11.4 Å². The van der Waals surface area contributed by atoms with Crippen LogP contribution in [0, 0.1) is 5.41 Å². The van der Waals surface area contributed by atoms with Crippen molar-refractivity contribution in [3.63, 3.8) is 0 Å². The minimum atomic E-state index is -0.843. The molecule has 1 amide bonds. The van der Waals surface area contributed by atoms with Crippen molar-refractivity contribution in [1.82, 2.24) is 9.88 Å². The summed E-state index contributed by atoms with van der Waals surface area (Å²) in [5.74, 6) is -0.145. The first kappa shape index (κ1) is 15.4. The fourth-order valence-electron chi connectivity index (χ4n) is 3.05. The maximum Gasteiger partial charge on any atom is 0.311 e. The Labute approximate surface area is 134 Å². The van der Waals surface area contributed by atoms with E-state index in [0.29, 0.717) is 13.0 Å². The molecular weight excluding hydrogens is 296 g/mol. The summed E-state index contributed by atoms with van der Waals surface area (Å²) in [5.41, 5.74) is 1.01. The highest BCUT2D eigenvalue weighted by Crippen LogP contribution is 2.31. The Balaban J connectivity index is 1.77. The number of likely N-dealkylation sites (tertiary alicyclic amines) is 1. The number of aliphatic carboxylic acids is 1. The second kappa shape index (κ2) is 5.61. The lowest BCUT2D eigenvalue weighted by atomic mass is 9.90. The van der Waals surface area contributed by atoms with Crippen LogP contribution in [0.3, 0.4) is 0 Å². The summed E-state index contributed by atoms with van der Waals surface area (Å²) in [4.78, 5) is 28.6. The van der Waals surface area contributed by atoms with Crippen LogP contribution in [0.4, 0.5) is 0 Å². The van der Waals surface area contributed by atoms with Gasteiger partial charge in [-0.1, -0.05) is 0 Å². The van der Waals surface area contributed by atoms with Gasteiger partial charge in [-0.3, -0.25) is 9.59 Å². The fraction of sp³-hybridized carbons (Fsp3) is 0.412. The van der Waals surface area contributed by atoms with Crippen molar-refractivity contribution in [3.8, 4) is 5.75 Å². The van der Waals surface area contributed by atoms with Crippen molar-refractivity contribution in [3.05, 3.63) is 30.0 Å². The molecule has 0 spiro atoms. The molecule has 6 nitrogen and oxygen atoms in total. The number of carboxylic acid groups (broad SMARTS) is 1. The van der Waals surface area contributed by atoms with Crippen molar-refractivity contribution in [1.29, 1.82) is 0 Å². The molecule has 1 aliphatic heterocycles. The Morgan fingerprint density at radius 3 is 2.87 bits per heavy atom. The third kappa shape index (κ3) is 2.76. The van der Waals surface area contributed by atoms with Crippen LogP contribution in [-0.4, -0.2) is 47.1 Å². The number of nitrogens with zero attached hydrogens (tertiary/aromatic N) is 1. The lowest BCUT2D eigenvalue weighted by Crippen LogP contribution is -2.35. The molecule has 0 aliphatic carbocycles. The maximum atomic E-state index is 12.5. The molecule has 1 aromatic carbocycles. The highest BCUT2D eigenvalue weighted by molar-refractivity contribution is 5.90. The Morgan fingerprint density at radius 1 is 1.43 bits per heavy atom. The molecule has 0 saturated carbocycles. The third-order valence-electron chi connectivity index (χ3n) is 4.66. The van der Waals surface area contributed by atoms with Crippen molar-refractivity contribution in [2.75, 3.05) is 20.2 Å². The van der Waals surface area contributed by atoms with E-state index in [1.54, 1.807) is 18.9 Å². The van der Waals surface area contributed by atoms with Gasteiger partial charge in [0.15, 0.2) is 0 Å². The summed E-state index contributed by atoms with van der Waals surface area (Å²) in [6, 6.07) is 5.68. The average molecular weight is 316 g/mol. The third-order valence-corrected chi connectivity index (χ3v) is 4.66. The molecule has 122 valence electrons. The highest BCUT2D eigenvalue weighted by atomic mass is 16.5. The van der Waals surface area contributed by atoms with Crippen molar-refractivity contribution < 1.29 is 19.4 Å². The summed E-state index contributed by atoms with van der Waals surface area (Å²) in [5, 5.41) is 10.2. The lowest BCUT2D eigenvalue weighted by molar-refractivity contribution is -0.147. The number of methoxy groups -OCH3 is 1. The first-order chi connectivity index (χ1) is 10.9. The van der Waals surface area contributed by atoms with E-state index in [-0.39, 0.29) is 18.9 Å². The lowest BCUT2D eigenvalue weighted by Gasteiger charge is -2.20. The maximum absolute atomic E-state index is 12.5. The quantitative estimate of drug-likeness (QED) is 0.904. The number of ether oxygens (including phenoxy) is 1. The molecule has 23 heavy (non-hydrogen) atoms. The van der Waals surface area contributed by atoms with Gasteiger partial charge in [-0.25, -0.2) is 0 Å². The summed E-state index contributed by atoms with van der Waals surface area (Å²) in [6.07, 6.45) is 2.58. The van der Waals surface area contributed by atoms with E-state index in [1.807, 2.05) is 24.4 Å². The molecule has 1 aliphatic rings. The molecular formula is C17H20N2O4. The van der Waals surface area contributed by atoms with Gasteiger partial charge in [0.05, 0.1) is 18.9 Å². The van der Waals surface area contributed by atoms with Gasteiger partial charge in [0.2, 0.25) is 5.91 Å². The van der Waals surface area contributed by atoms with Gasteiger partial charge >= 0.3 is 5.97 Å². The van der Waals surface area contributed by atoms with Crippen molar-refractivity contribution >= 4 is 22.8 Å². The molecule has 0 radical (unpaired) electrons. The van der Waals surface area contributed by atoms with Gasteiger partial charge < -0.3 is 19.7 Å². The van der Waals surface area contributed by atoms with Crippen LogP contribution in [0.5, 0.6) is 5.75 Å². The molecule has 1 fully saturated rings. The van der Waals surface area contributed by atoms with Crippen LogP contribution in [-0.2, 0) is 16.0 Å². The molecule has 3 rings (SSSR count). The Morgan fingerprint density at radius 2 is 2.22 bits per heavy atom. The van der Waals surface area contributed by atoms with Crippen molar-refractivity contribution in [2.45, 2.75) is 19.8 Å². The predicted octanol–water partition coefficient (Wildman–Crippen LogP) is 2.04. The average Bonchev–Trinajstić information content (AvgIpc) is 3.12. The summed E-state index contributed by atoms with van der Waals surface area (Å²) in [7, 11) is 1.61. The van der Waals surface area contributed by atoms with E-state index in [9.17, 15) is 14.7 Å². The number of fused-ring (bicyclic) bond motifs is 1. The second-order valence-corrected chi connectivity index (χ2v) is 6.33. The van der Waals surface area contributed by atoms with Gasteiger partial charge in [0.25, 0.3) is 0 Å². The van der Waals surface area contributed by atoms with Crippen LogP contribution in [0.1, 0.15) is 18.9 Å². The number of carbonyl (C=O) groups excluding carboxylic acids is 1. The molecule has 1 aromatic heterocycles. The number of aromatic nitrogens is 1. The van der Waals surface area contributed by atoms with E-state index in [1.165, 1.54) is 0 Å². The normalized spacial score (nSPS) is 20.9. The van der Waals surface area contributed by atoms with Gasteiger partial charge in [-0.2, -0.15) is 0 Å². The zero-order valence-corrected chi connectivity index (χ0v) is 13.3. The monoisotopic (exact) mass is 316 g/mol. The molecule has 2 N–H and O–H groups in total. The number of benzene rings is 1. The minimum Gasteiger partial charge on any atom is -0.497 e. The van der Waals surface area contributed by atoms with Crippen LogP contribution >= 0.6 is 0 Å². The van der Waals surface area contributed by atoms with Gasteiger partial charge in [0.1, 0.15) is 5.75 Å². The van der Waals surface area contributed by atoms with E-state index in [0.717, 1.165) is 22.2 Å². The van der Waals surface area contributed by atoms with Gasteiger partial charge in [0, 0.05) is 30.2 Å². The Hall–Kier alpha value is -2.50. The standard InChI is InChI=1S/C17H20N2O4/c1-17(16(21)22)5-6-19(10-17)15(20)7-11-9-18-14-4-3-12(23-2)8-13(11)14/h3-4,8-9,18H,5-7,10H2,1-2H3,(H,21,22)/t17-/m1/s1. The number of carbonyl (C=O) groups is 2. The number of H-pyrrole nitrogens is 1. The number of amides is 1. The van der Waals surface area contributed by atoms with Crippen LogP contribution in [0.25, 0.3) is 10.9 Å². The number of rotatable bonds is 4. The molecule has 0 bridgehead atoms. The molecule has 2 heterocycles. The van der Waals surface area contributed by atoms with Crippen LogP contribution < -0.4 is 4.74 Å². The summed E-state index contributed by atoms with van der Waals surface area (Å²) in [6.45, 7) is 2.46. The number of carboxylic acids is 1. The van der Waals surface area contributed by atoms with E-state index in [4.69, 9.17) is 4.74 Å².